The van der Waals surface area contributed by atoms with Crippen LogP contribution in [0.5, 0.6) is 0 Å². The van der Waals surface area contributed by atoms with Crippen molar-refractivity contribution >= 4 is 35.6 Å². The van der Waals surface area contributed by atoms with Crippen LogP contribution < -0.4 is 5.73 Å². The van der Waals surface area contributed by atoms with Gasteiger partial charge in [-0.05, 0) is 31.0 Å². The molecule has 0 aromatic heterocycles. The monoisotopic (exact) mass is 290 g/mol. The Morgan fingerprint density at radius 2 is 1.83 bits per heavy atom. The largest absolute Gasteiger partial charge is 0.399 e. The van der Waals surface area contributed by atoms with E-state index < -0.39 is 0 Å². The highest BCUT2D eigenvalue weighted by Gasteiger charge is 2.16. The van der Waals surface area contributed by atoms with E-state index in [4.69, 9.17) is 17.3 Å². The van der Waals surface area contributed by atoms with Crippen LogP contribution >= 0.6 is 24.0 Å². The number of amides is 1. The summed E-state index contributed by atoms with van der Waals surface area (Å²) in [5, 5.41) is 0.423. The number of benzene rings is 1. The van der Waals surface area contributed by atoms with Crippen LogP contribution in [0.4, 0.5) is 5.69 Å². The van der Waals surface area contributed by atoms with Crippen molar-refractivity contribution in [3.8, 4) is 0 Å². The molecule has 3 nitrogen and oxygen atoms in total. The molecular weight excluding hydrogens is 271 g/mol. The Kier molecular flexibility index (Phi) is 7.80. The average molecular weight is 291 g/mol. The number of anilines is 1. The predicted octanol–water partition coefficient (Wildman–Crippen LogP) is 3.61. The summed E-state index contributed by atoms with van der Waals surface area (Å²) in [5.41, 5.74) is 6.72. The van der Waals surface area contributed by atoms with Crippen LogP contribution in [0.2, 0.25) is 5.02 Å². The molecule has 0 aliphatic carbocycles. The first-order valence-corrected chi connectivity index (χ1v) is 6.32. The van der Waals surface area contributed by atoms with Gasteiger partial charge in [0.1, 0.15) is 0 Å². The first kappa shape index (κ1) is 17.1. The van der Waals surface area contributed by atoms with Gasteiger partial charge in [-0.1, -0.05) is 25.4 Å². The number of carbonyl (C=O) groups excluding carboxylic acids is 1. The van der Waals surface area contributed by atoms with Crippen LogP contribution in [0, 0.1) is 0 Å². The topological polar surface area (TPSA) is 46.3 Å². The fraction of sp³-hybridized carbons (Fsp3) is 0.462. The Hall–Kier alpha value is -0.930. The summed E-state index contributed by atoms with van der Waals surface area (Å²) >= 11 is 6.04. The zero-order valence-electron chi connectivity index (χ0n) is 10.8. The summed E-state index contributed by atoms with van der Waals surface area (Å²) in [6, 6.07) is 5.01. The second kappa shape index (κ2) is 8.22. The molecule has 0 radical (unpaired) electrons. The van der Waals surface area contributed by atoms with Gasteiger partial charge >= 0.3 is 0 Å². The van der Waals surface area contributed by atoms with Crippen LogP contribution in [0.3, 0.4) is 0 Å². The molecule has 18 heavy (non-hydrogen) atoms. The predicted molar refractivity (Wildman–Crippen MR) is 79.6 cm³/mol. The number of carbonyl (C=O) groups is 1. The molecule has 1 rings (SSSR count). The number of hydrogen-bond donors (Lipinski definition) is 1. The molecule has 0 heterocycles. The third-order valence-electron chi connectivity index (χ3n) is 2.50. The minimum atomic E-state index is -0.0151. The maximum atomic E-state index is 12.3. The number of rotatable bonds is 5. The van der Waals surface area contributed by atoms with Gasteiger partial charge in [0.25, 0.3) is 5.91 Å². The Morgan fingerprint density at radius 1 is 1.28 bits per heavy atom. The van der Waals surface area contributed by atoms with E-state index >= 15 is 0 Å². The van der Waals surface area contributed by atoms with E-state index in [1.807, 2.05) is 4.90 Å². The average Bonchev–Trinajstić information content (AvgIpc) is 2.28. The molecule has 0 spiro atoms. The fourth-order valence-corrected chi connectivity index (χ4v) is 2.00. The lowest BCUT2D eigenvalue weighted by atomic mass is 10.1. The van der Waals surface area contributed by atoms with Crippen molar-refractivity contribution in [2.45, 2.75) is 26.7 Å². The molecule has 0 saturated heterocycles. The normalized spacial score (nSPS) is 9.72. The van der Waals surface area contributed by atoms with E-state index in [0.29, 0.717) is 16.3 Å². The molecule has 5 heteroatoms. The number of nitrogen functional groups attached to an aromatic ring is 1. The molecule has 1 aromatic rings. The van der Waals surface area contributed by atoms with E-state index in [2.05, 4.69) is 13.8 Å². The lowest BCUT2D eigenvalue weighted by Gasteiger charge is -2.22. The zero-order valence-corrected chi connectivity index (χ0v) is 12.4. The Balaban J connectivity index is 0.00000289. The van der Waals surface area contributed by atoms with Gasteiger partial charge in [-0.15, -0.1) is 12.4 Å². The zero-order chi connectivity index (χ0) is 12.8. The molecule has 0 fully saturated rings. The van der Waals surface area contributed by atoms with Gasteiger partial charge in [0.2, 0.25) is 0 Å². The van der Waals surface area contributed by atoms with Crippen molar-refractivity contribution in [3.05, 3.63) is 28.8 Å². The van der Waals surface area contributed by atoms with E-state index in [-0.39, 0.29) is 18.3 Å². The lowest BCUT2D eigenvalue weighted by molar-refractivity contribution is 0.0756. The standard InChI is InChI=1S/C13H19ClN2O.ClH/c1-3-7-16(8-4-2)13(17)11-6-5-10(15)9-12(11)14;/h5-6,9H,3-4,7-8,15H2,1-2H3;1H. The van der Waals surface area contributed by atoms with Crippen molar-refractivity contribution in [3.63, 3.8) is 0 Å². The first-order chi connectivity index (χ1) is 8.10. The fourth-order valence-electron chi connectivity index (χ4n) is 1.73. The molecule has 0 aliphatic heterocycles. The Morgan fingerprint density at radius 3 is 2.28 bits per heavy atom. The van der Waals surface area contributed by atoms with Crippen molar-refractivity contribution in [1.82, 2.24) is 4.90 Å². The molecule has 0 aliphatic rings. The summed E-state index contributed by atoms with van der Waals surface area (Å²) in [5.74, 6) is -0.0151. The summed E-state index contributed by atoms with van der Waals surface area (Å²) in [4.78, 5) is 14.1. The summed E-state index contributed by atoms with van der Waals surface area (Å²) in [6.45, 7) is 5.63. The molecule has 1 amide bonds. The summed E-state index contributed by atoms with van der Waals surface area (Å²) < 4.78 is 0. The molecule has 0 unspecified atom stereocenters. The second-order valence-corrected chi connectivity index (χ2v) is 4.44. The van der Waals surface area contributed by atoms with Gasteiger partial charge in [0.15, 0.2) is 0 Å². The summed E-state index contributed by atoms with van der Waals surface area (Å²) in [7, 11) is 0. The highest BCUT2D eigenvalue weighted by Crippen LogP contribution is 2.21. The smallest absolute Gasteiger partial charge is 0.255 e. The number of nitrogens with two attached hydrogens (primary N) is 1. The molecular formula is C13H20Cl2N2O. The van der Waals surface area contributed by atoms with Crippen LogP contribution in [0.25, 0.3) is 0 Å². The van der Waals surface area contributed by atoms with E-state index in [1.165, 1.54) is 0 Å². The van der Waals surface area contributed by atoms with Crippen molar-refractivity contribution < 1.29 is 4.79 Å². The second-order valence-electron chi connectivity index (χ2n) is 4.03. The van der Waals surface area contributed by atoms with Gasteiger partial charge in [0.05, 0.1) is 10.6 Å². The minimum Gasteiger partial charge on any atom is -0.399 e. The Labute approximate surface area is 120 Å². The van der Waals surface area contributed by atoms with Gasteiger partial charge in [-0.3, -0.25) is 4.79 Å². The van der Waals surface area contributed by atoms with Gasteiger partial charge < -0.3 is 10.6 Å². The quantitative estimate of drug-likeness (QED) is 0.842. The number of halogens is 2. The van der Waals surface area contributed by atoms with Gasteiger partial charge in [0, 0.05) is 18.8 Å². The first-order valence-electron chi connectivity index (χ1n) is 5.94. The lowest BCUT2D eigenvalue weighted by Crippen LogP contribution is -2.32. The van der Waals surface area contributed by atoms with E-state index in [1.54, 1.807) is 18.2 Å². The highest BCUT2D eigenvalue weighted by molar-refractivity contribution is 6.34. The minimum absolute atomic E-state index is 0. The van der Waals surface area contributed by atoms with Crippen LogP contribution in [0.1, 0.15) is 37.0 Å². The molecule has 0 bridgehead atoms. The molecule has 2 N–H and O–H groups in total. The maximum Gasteiger partial charge on any atom is 0.255 e. The third-order valence-corrected chi connectivity index (χ3v) is 2.81. The van der Waals surface area contributed by atoms with Gasteiger partial charge in [-0.2, -0.15) is 0 Å². The van der Waals surface area contributed by atoms with Crippen LogP contribution in [-0.2, 0) is 0 Å². The van der Waals surface area contributed by atoms with Crippen molar-refractivity contribution in [1.29, 1.82) is 0 Å². The maximum absolute atomic E-state index is 12.3. The van der Waals surface area contributed by atoms with E-state index in [0.717, 1.165) is 25.9 Å². The van der Waals surface area contributed by atoms with Crippen molar-refractivity contribution in [2.24, 2.45) is 0 Å². The number of nitrogens with zero attached hydrogens (tertiary/aromatic N) is 1. The summed E-state index contributed by atoms with van der Waals surface area (Å²) in [6.07, 6.45) is 1.89. The molecule has 0 saturated carbocycles. The molecule has 1 aromatic carbocycles. The Bertz CT molecular complexity index is 391. The van der Waals surface area contributed by atoms with E-state index in [9.17, 15) is 4.79 Å². The van der Waals surface area contributed by atoms with Crippen molar-refractivity contribution in [2.75, 3.05) is 18.8 Å². The third kappa shape index (κ3) is 4.39. The number of hydrogen-bond acceptors (Lipinski definition) is 2. The SMILES string of the molecule is CCCN(CCC)C(=O)c1ccc(N)cc1Cl.Cl. The highest BCUT2D eigenvalue weighted by atomic mass is 35.5. The van der Waals surface area contributed by atoms with Gasteiger partial charge in [-0.25, -0.2) is 0 Å². The van der Waals surface area contributed by atoms with Crippen LogP contribution in [-0.4, -0.2) is 23.9 Å². The molecule has 102 valence electrons. The van der Waals surface area contributed by atoms with Crippen LogP contribution in [0.15, 0.2) is 18.2 Å². The molecule has 0 atom stereocenters.